The van der Waals surface area contributed by atoms with E-state index in [4.69, 9.17) is 5.73 Å². The first-order chi connectivity index (χ1) is 6.68. The predicted molar refractivity (Wildman–Crippen MR) is 52.4 cm³/mol. The van der Waals surface area contributed by atoms with E-state index in [0.717, 1.165) is 18.4 Å². The minimum absolute atomic E-state index is 0.0575. The minimum atomic E-state index is -0.417. The van der Waals surface area contributed by atoms with E-state index in [1.54, 1.807) is 12.1 Å². The monoisotopic (exact) mass is 193 g/mol. The first-order valence-corrected chi connectivity index (χ1v) is 4.76. The van der Waals surface area contributed by atoms with Gasteiger partial charge in [0, 0.05) is 12.3 Å². The minimum Gasteiger partial charge on any atom is -0.396 e. The number of rotatable bonds is 1. The molecule has 2 rings (SSSR count). The average Bonchev–Trinajstić information content (AvgIpc) is 2.57. The Morgan fingerprint density at radius 2 is 2.21 bits per heavy atom. The Morgan fingerprint density at radius 1 is 1.43 bits per heavy atom. The molecule has 1 atom stereocenters. The second-order valence-electron chi connectivity index (χ2n) is 3.69. The van der Waals surface area contributed by atoms with E-state index in [0.29, 0.717) is 6.42 Å². The summed E-state index contributed by atoms with van der Waals surface area (Å²) in [5.41, 5.74) is 6.43. The number of benzene rings is 1. The van der Waals surface area contributed by atoms with E-state index in [-0.39, 0.29) is 17.4 Å². The van der Waals surface area contributed by atoms with Gasteiger partial charge in [-0.2, -0.15) is 0 Å². The normalized spacial score (nSPS) is 21.5. The Labute approximate surface area is 81.9 Å². The molecule has 1 aliphatic carbocycles. The lowest BCUT2D eigenvalue weighted by molar-refractivity contribution is -0.118. The van der Waals surface area contributed by atoms with Gasteiger partial charge < -0.3 is 5.73 Å². The molecular weight excluding hydrogens is 181 g/mol. The van der Waals surface area contributed by atoms with Crippen LogP contribution in [0.25, 0.3) is 0 Å². The number of hydrogen-bond acceptors (Lipinski definition) is 2. The van der Waals surface area contributed by atoms with Crippen molar-refractivity contribution < 1.29 is 9.18 Å². The zero-order valence-electron chi connectivity index (χ0n) is 7.79. The van der Waals surface area contributed by atoms with E-state index < -0.39 is 5.82 Å². The topological polar surface area (TPSA) is 43.1 Å². The van der Waals surface area contributed by atoms with Crippen LogP contribution in [0.3, 0.4) is 0 Å². The van der Waals surface area contributed by atoms with Crippen LogP contribution in [0.1, 0.15) is 30.7 Å². The van der Waals surface area contributed by atoms with Crippen molar-refractivity contribution in [3.05, 3.63) is 29.6 Å². The molecule has 1 aliphatic rings. The number of nitrogens with two attached hydrogens (primary N) is 1. The van der Waals surface area contributed by atoms with Gasteiger partial charge in [0.05, 0.1) is 5.69 Å². The van der Waals surface area contributed by atoms with E-state index in [9.17, 15) is 9.18 Å². The summed E-state index contributed by atoms with van der Waals surface area (Å²) in [4.78, 5) is 11.4. The summed E-state index contributed by atoms with van der Waals surface area (Å²) in [6, 6.07) is 4.55. The van der Waals surface area contributed by atoms with Crippen LogP contribution in [-0.4, -0.2) is 5.78 Å². The van der Waals surface area contributed by atoms with Gasteiger partial charge in [-0.15, -0.1) is 0 Å². The van der Waals surface area contributed by atoms with Gasteiger partial charge in [0.2, 0.25) is 0 Å². The molecular formula is C11H12FNO. The van der Waals surface area contributed by atoms with E-state index in [1.807, 2.05) is 0 Å². The van der Waals surface area contributed by atoms with Crippen molar-refractivity contribution in [3.8, 4) is 0 Å². The van der Waals surface area contributed by atoms with Crippen LogP contribution in [0.5, 0.6) is 0 Å². The number of halogens is 1. The summed E-state index contributed by atoms with van der Waals surface area (Å²) in [5, 5.41) is 0. The number of ketones is 1. The second-order valence-corrected chi connectivity index (χ2v) is 3.69. The van der Waals surface area contributed by atoms with Crippen molar-refractivity contribution in [1.29, 1.82) is 0 Å². The lowest BCUT2D eigenvalue weighted by atomic mass is 9.96. The fraction of sp³-hybridized carbons (Fsp3) is 0.364. The third-order valence-electron chi connectivity index (χ3n) is 2.73. The van der Waals surface area contributed by atoms with Gasteiger partial charge in [-0.3, -0.25) is 4.79 Å². The van der Waals surface area contributed by atoms with Crippen LogP contribution in [0.4, 0.5) is 10.1 Å². The summed E-state index contributed by atoms with van der Waals surface area (Å²) < 4.78 is 12.9. The molecule has 0 aromatic heterocycles. The molecule has 2 N–H and O–H groups in total. The maximum Gasteiger partial charge on any atom is 0.146 e. The highest BCUT2D eigenvalue weighted by molar-refractivity contribution is 5.87. The number of nitrogen functional groups attached to an aromatic ring is 1. The predicted octanol–water partition coefficient (Wildman–Crippen LogP) is 2.24. The first-order valence-electron chi connectivity index (χ1n) is 4.76. The molecule has 14 heavy (non-hydrogen) atoms. The number of Topliss-reactive ketones (excluding diaryl/α,β-unsaturated/α-hetero) is 1. The smallest absolute Gasteiger partial charge is 0.146 e. The molecule has 74 valence electrons. The summed E-state index contributed by atoms with van der Waals surface area (Å²) in [6.07, 6.45) is 2.44. The molecule has 1 unspecified atom stereocenters. The summed E-state index contributed by atoms with van der Waals surface area (Å²) >= 11 is 0. The fourth-order valence-electron chi connectivity index (χ4n) is 1.95. The highest BCUT2D eigenvalue weighted by Crippen LogP contribution is 2.32. The highest BCUT2D eigenvalue weighted by Gasteiger charge is 2.26. The zero-order chi connectivity index (χ0) is 10.1. The molecule has 2 nitrogen and oxygen atoms in total. The number of carbonyl (C=O) groups excluding carboxylic acids is 1. The van der Waals surface area contributed by atoms with Gasteiger partial charge in [0.1, 0.15) is 11.6 Å². The molecule has 0 spiro atoms. The maximum absolute atomic E-state index is 12.9. The van der Waals surface area contributed by atoms with Gasteiger partial charge in [-0.05, 0) is 30.5 Å². The molecule has 0 bridgehead atoms. The third kappa shape index (κ3) is 1.50. The molecule has 1 fully saturated rings. The van der Waals surface area contributed by atoms with E-state index in [2.05, 4.69) is 0 Å². The Morgan fingerprint density at radius 3 is 2.79 bits per heavy atom. The van der Waals surface area contributed by atoms with Crippen molar-refractivity contribution >= 4 is 11.5 Å². The van der Waals surface area contributed by atoms with Gasteiger partial charge >= 0.3 is 0 Å². The number of anilines is 1. The summed E-state index contributed by atoms with van der Waals surface area (Å²) in [5.74, 6) is -0.229. The Bertz CT molecular complexity index is 376. The van der Waals surface area contributed by atoms with Gasteiger partial charge in [0.25, 0.3) is 0 Å². The quantitative estimate of drug-likeness (QED) is 0.695. The number of hydrogen-bond donors (Lipinski definition) is 1. The van der Waals surface area contributed by atoms with Crippen molar-refractivity contribution in [2.24, 2.45) is 0 Å². The highest BCUT2D eigenvalue weighted by atomic mass is 19.1. The summed E-state index contributed by atoms with van der Waals surface area (Å²) in [7, 11) is 0. The van der Waals surface area contributed by atoms with Crippen LogP contribution in [-0.2, 0) is 4.79 Å². The molecule has 1 aromatic carbocycles. The van der Waals surface area contributed by atoms with Gasteiger partial charge in [-0.25, -0.2) is 4.39 Å². The third-order valence-corrected chi connectivity index (χ3v) is 2.73. The van der Waals surface area contributed by atoms with Crippen LogP contribution in [0.2, 0.25) is 0 Å². The van der Waals surface area contributed by atoms with Crippen molar-refractivity contribution in [3.63, 3.8) is 0 Å². The lowest BCUT2D eigenvalue weighted by Gasteiger charge is -2.08. The van der Waals surface area contributed by atoms with Crippen LogP contribution < -0.4 is 5.73 Å². The SMILES string of the molecule is Nc1cc(C2CCCC2=O)ccc1F. The molecule has 1 saturated carbocycles. The molecule has 3 heteroatoms. The molecule has 0 aliphatic heterocycles. The molecule has 1 aromatic rings. The van der Waals surface area contributed by atoms with Gasteiger partial charge in [0.15, 0.2) is 0 Å². The van der Waals surface area contributed by atoms with Crippen LogP contribution in [0, 0.1) is 5.82 Å². The maximum atomic E-state index is 12.9. The largest absolute Gasteiger partial charge is 0.396 e. The molecule has 0 radical (unpaired) electrons. The molecule has 0 heterocycles. The first kappa shape index (κ1) is 9.19. The van der Waals surface area contributed by atoms with Gasteiger partial charge in [-0.1, -0.05) is 6.07 Å². The summed E-state index contributed by atoms with van der Waals surface area (Å²) in [6.45, 7) is 0. The van der Waals surface area contributed by atoms with E-state index >= 15 is 0 Å². The fourth-order valence-corrected chi connectivity index (χ4v) is 1.95. The Hall–Kier alpha value is -1.38. The number of carbonyl (C=O) groups is 1. The van der Waals surface area contributed by atoms with Crippen molar-refractivity contribution in [1.82, 2.24) is 0 Å². The van der Waals surface area contributed by atoms with Crippen molar-refractivity contribution in [2.45, 2.75) is 25.2 Å². The van der Waals surface area contributed by atoms with Crippen LogP contribution >= 0.6 is 0 Å². The Kier molecular flexibility index (Phi) is 2.23. The second kappa shape index (κ2) is 3.40. The molecule has 0 amide bonds. The zero-order valence-corrected chi connectivity index (χ0v) is 7.79. The standard InChI is InChI=1S/C11H12FNO/c12-9-5-4-7(6-10(9)13)8-2-1-3-11(8)14/h4-6,8H,1-3,13H2. The lowest BCUT2D eigenvalue weighted by Crippen LogP contribution is -2.05. The average molecular weight is 193 g/mol. The molecule has 0 saturated heterocycles. The van der Waals surface area contributed by atoms with Crippen molar-refractivity contribution in [2.75, 3.05) is 5.73 Å². The van der Waals surface area contributed by atoms with Crippen LogP contribution in [0.15, 0.2) is 18.2 Å². The van der Waals surface area contributed by atoms with E-state index in [1.165, 1.54) is 6.07 Å². The Balaban J connectivity index is 2.32.